The van der Waals surface area contributed by atoms with Gasteiger partial charge in [-0.3, -0.25) is 4.79 Å². The number of hydrogen-bond donors (Lipinski definition) is 2. The van der Waals surface area contributed by atoms with Gasteiger partial charge in [0.25, 0.3) is 0 Å². The van der Waals surface area contributed by atoms with Gasteiger partial charge in [-0.15, -0.1) is 0 Å². The van der Waals surface area contributed by atoms with Crippen LogP contribution in [-0.2, 0) is 4.79 Å². The van der Waals surface area contributed by atoms with Crippen molar-refractivity contribution in [2.75, 3.05) is 6.54 Å². The second-order valence-corrected chi connectivity index (χ2v) is 6.32. The van der Waals surface area contributed by atoms with Gasteiger partial charge in [-0.05, 0) is 18.5 Å². The monoisotopic (exact) mass is 319 g/mol. The molecule has 130 valence electrons. The first-order valence-corrected chi connectivity index (χ1v) is 9.27. The first kappa shape index (κ1) is 19.7. The highest BCUT2D eigenvalue weighted by Crippen LogP contribution is 2.13. The summed E-state index contributed by atoms with van der Waals surface area (Å²) in [4.78, 5) is 11.4. The zero-order chi connectivity index (χ0) is 16.8. The number of benzene rings is 1. The van der Waals surface area contributed by atoms with Crippen LogP contribution in [0.2, 0.25) is 0 Å². The summed E-state index contributed by atoms with van der Waals surface area (Å²) < 4.78 is 0. The summed E-state index contributed by atoms with van der Waals surface area (Å²) in [6.07, 6.45) is 13.0. The van der Waals surface area contributed by atoms with Gasteiger partial charge in [0.15, 0.2) is 0 Å². The Bertz CT molecular complexity index is 405. The van der Waals surface area contributed by atoms with E-state index in [0.717, 1.165) is 18.5 Å². The van der Waals surface area contributed by atoms with E-state index in [1.165, 1.54) is 57.8 Å². The van der Waals surface area contributed by atoms with Gasteiger partial charge in [-0.1, -0.05) is 95.0 Å². The maximum atomic E-state index is 11.4. The second kappa shape index (κ2) is 13.1. The molecule has 1 atom stereocenters. The van der Waals surface area contributed by atoms with Crippen molar-refractivity contribution in [3.05, 3.63) is 35.9 Å². The van der Waals surface area contributed by atoms with Crippen molar-refractivity contribution in [2.45, 2.75) is 77.2 Å². The van der Waals surface area contributed by atoms with Gasteiger partial charge in [-0.25, -0.2) is 0 Å². The van der Waals surface area contributed by atoms with Gasteiger partial charge in [0.1, 0.15) is 6.04 Å². The Hall–Kier alpha value is -1.35. The fourth-order valence-corrected chi connectivity index (χ4v) is 2.85. The Morgan fingerprint density at radius 1 is 0.913 bits per heavy atom. The van der Waals surface area contributed by atoms with Crippen LogP contribution in [0.4, 0.5) is 0 Å². The molecule has 23 heavy (non-hydrogen) atoms. The number of nitrogens with one attached hydrogen (secondary N) is 1. The maximum Gasteiger partial charge on any atom is 0.325 e. The van der Waals surface area contributed by atoms with E-state index in [1.807, 2.05) is 30.3 Å². The third-order valence-corrected chi connectivity index (χ3v) is 4.26. The van der Waals surface area contributed by atoms with Crippen molar-refractivity contribution >= 4 is 5.97 Å². The molecule has 3 nitrogen and oxygen atoms in total. The van der Waals surface area contributed by atoms with Crippen molar-refractivity contribution in [3.8, 4) is 0 Å². The van der Waals surface area contributed by atoms with Crippen LogP contribution in [0.25, 0.3) is 0 Å². The minimum absolute atomic E-state index is 0.588. The SMILES string of the molecule is CCCCCCCCCCCCN[C@H](C(=O)O)c1ccccc1. The Labute approximate surface area is 141 Å². The molecule has 0 fully saturated rings. The molecule has 0 spiro atoms. The molecule has 1 aromatic carbocycles. The summed E-state index contributed by atoms with van der Waals surface area (Å²) in [7, 11) is 0. The number of hydrogen-bond acceptors (Lipinski definition) is 2. The molecule has 0 heterocycles. The molecule has 2 N–H and O–H groups in total. The lowest BCUT2D eigenvalue weighted by atomic mass is 10.1. The molecule has 3 heteroatoms. The lowest BCUT2D eigenvalue weighted by molar-refractivity contribution is -0.139. The van der Waals surface area contributed by atoms with Crippen LogP contribution in [0, 0.1) is 0 Å². The predicted molar refractivity (Wildman–Crippen MR) is 96.7 cm³/mol. The van der Waals surface area contributed by atoms with Crippen LogP contribution in [-0.4, -0.2) is 17.6 Å². The molecule has 0 saturated heterocycles. The van der Waals surface area contributed by atoms with Crippen LogP contribution in [0.15, 0.2) is 30.3 Å². The van der Waals surface area contributed by atoms with E-state index in [4.69, 9.17) is 0 Å². The van der Waals surface area contributed by atoms with Gasteiger partial charge < -0.3 is 10.4 Å². The lowest BCUT2D eigenvalue weighted by Crippen LogP contribution is -2.29. The number of carboxylic acid groups (broad SMARTS) is 1. The average molecular weight is 319 g/mol. The number of unbranched alkanes of at least 4 members (excludes halogenated alkanes) is 9. The topological polar surface area (TPSA) is 49.3 Å². The Morgan fingerprint density at radius 2 is 1.43 bits per heavy atom. The van der Waals surface area contributed by atoms with Gasteiger partial charge in [0.2, 0.25) is 0 Å². The summed E-state index contributed by atoms with van der Waals surface area (Å²) in [5, 5.41) is 12.5. The molecular formula is C20H33NO2. The zero-order valence-corrected chi connectivity index (χ0v) is 14.6. The van der Waals surface area contributed by atoms with Crippen molar-refractivity contribution in [1.29, 1.82) is 0 Å². The van der Waals surface area contributed by atoms with E-state index in [-0.39, 0.29) is 0 Å². The molecule has 1 rings (SSSR count). The fourth-order valence-electron chi connectivity index (χ4n) is 2.85. The minimum Gasteiger partial charge on any atom is -0.480 e. The van der Waals surface area contributed by atoms with Crippen molar-refractivity contribution in [3.63, 3.8) is 0 Å². The molecule has 0 aromatic heterocycles. The molecule has 0 unspecified atom stereocenters. The summed E-state index contributed by atoms with van der Waals surface area (Å²) >= 11 is 0. The molecule has 0 aliphatic rings. The summed E-state index contributed by atoms with van der Waals surface area (Å²) in [6.45, 7) is 3.02. The van der Waals surface area contributed by atoms with Crippen molar-refractivity contribution in [2.24, 2.45) is 0 Å². The highest BCUT2D eigenvalue weighted by atomic mass is 16.4. The van der Waals surface area contributed by atoms with Crippen LogP contribution >= 0.6 is 0 Å². The third kappa shape index (κ3) is 9.39. The van der Waals surface area contributed by atoms with Crippen molar-refractivity contribution < 1.29 is 9.90 Å². The van der Waals surface area contributed by atoms with Crippen LogP contribution in [0.5, 0.6) is 0 Å². The number of carboxylic acids is 1. The van der Waals surface area contributed by atoms with Gasteiger partial charge in [-0.2, -0.15) is 0 Å². The fraction of sp³-hybridized carbons (Fsp3) is 0.650. The van der Waals surface area contributed by atoms with Crippen LogP contribution in [0.3, 0.4) is 0 Å². The highest BCUT2D eigenvalue weighted by Gasteiger charge is 2.17. The summed E-state index contributed by atoms with van der Waals surface area (Å²) in [5.74, 6) is -0.803. The van der Waals surface area contributed by atoms with Crippen molar-refractivity contribution in [1.82, 2.24) is 5.32 Å². The first-order chi connectivity index (χ1) is 11.3. The van der Waals surface area contributed by atoms with E-state index in [2.05, 4.69) is 12.2 Å². The molecular weight excluding hydrogens is 286 g/mol. The van der Waals surface area contributed by atoms with Crippen LogP contribution in [0.1, 0.15) is 82.7 Å². The molecule has 0 radical (unpaired) electrons. The normalized spacial score (nSPS) is 12.2. The number of aliphatic carboxylic acids is 1. The average Bonchev–Trinajstić information content (AvgIpc) is 2.56. The van der Waals surface area contributed by atoms with E-state index in [0.29, 0.717) is 0 Å². The second-order valence-electron chi connectivity index (χ2n) is 6.32. The molecule has 0 aliphatic heterocycles. The Morgan fingerprint density at radius 3 is 1.96 bits per heavy atom. The predicted octanol–water partition coefficient (Wildman–Crippen LogP) is 5.32. The summed E-state index contributed by atoms with van der Waals surface area (Å²) in [5.41, 5.74) is 0.826. The maximum absolute atomic E-state index is 11.4. The quantitative estimate of drug-likeness (QED) is 0.456. The summed E-state index contributed by atoms with van der Waals surface area (Å²) in [6, 6.07) is 8.81. The third-order valence-electron chi connectivity index (χ3n) is 4.26. The van der Waals surface area contributed by atoms with Gasteiger partial charge in [0.05, 0.1) is 0 Å². The smallest absolute Gasteiger partial charge is 0.325 e. The van der Waals surface area contributed by atoms with Crippen LogP contribution < -0.4 is 5.32 Å². The van der Waals surface area contributed by atoms with E-state index >= 15 is 0 Å². The van der Waals surface area contributed by atoms with E-state index in [1.54, 1.807) is 0 Å². The molecule has 0 saturated carbocycles. The van der Waals surface area contributed by atoms with Gasteiger partial charge >= 0.3 is 5.97 Å². The molecule has 0 amide bonds. The highest BCUT2D eigenvalue weighted by molar-refractivity contribution is 5.75. The Kier molecular flexibility index (Phi) is 11.2. The number of carbonyl (C=O) groups is 1. The number of rotatable bonds is 14. The lowest BCUT2D eigenvalue weighted by Gasteiger charge is -2.14. The first-order valence-electron chi connectivity index (χ1n) is 9.27. The zero-order valence-electron chi connectivity index (χ0n) is 14.6. The van der Waals surface area contributed by atoms with E-state index in [9.17, 15) is 9.90 Å². The van der Waals surface area contributed by atoms with E-state index < -0.39 is 12.0 Å². The Balaban J connectivity index is 2.04. The standard InChI is InChI=1S/C20H33NO2/c1-2-3-4-5-6-7-8-9-10-14-17-21-19(20(22)23)18-15-12-11-13-16-18/h11-13,15-16,19,21H,2-10,14,17H2,1H3,(H,22,23)/t19-/m0/s1. The van der Waals surface area contributed by atoms with Gasteiger partial charge in [0, 0.05) is 0 Å². The largest absolute Gasteiger partial charge is 0.480 e. The minimum atomic E-state index is -0.803. The molecule has 1 aromatic rings. The molecule has 0 aliphatic carbocycles. The molecule has 0 bridgehead atoms.